The molecule has 0 bridgehead atoms. The molecule has 1 saturated heterocycles. The molecule has 3 atom stereocenters. The second kappa shape index (κ2) is 7.50. The summed E-state index contributed by atoms with van der Waals surface area (Å²) < 4.78 is 0. The number of nitrogens with one attached hydrogen (secondary N) is 1. The zero-order valence-electron chi connectivity index (χ0n) is 13.6. The van der Waals surface area contributed by atoms with Crippen LogP contribution in [0, 0.1) is 5.92 Å². The number of amides is 3. The Hall–Kier alpha value is -1.32. The van der Waals surface area contributed by atoms with Gasteiger partial charge in [-0.1, -0.05) is 25.6 Å². The van der Waals surface area contributed by atoms with E-state index >= 15 is 0 Å². The number of hydrogen-bond acceptors (Lipinski definition) is 7. The Morgan fingerprint density at radius 3 is 2.70 bits per heavy atom. The van der Waals surface area contributed by atoms with Gasteiger partial charge in [-0.2, -0.15) is 0 Å². The maximum atomic E-state index is 12.3. The minimum absolute atomic E-state index is 0.284. The van der Waals surface area contributed by atoms with E-state index in [1.807, 2.05) is 4.90 Å². The molecule has 2 aliphatic rings. The van der Waals surface area contributed by atoms with Gasteiger partial charge in [-0.3, -0.25) is 10.1 Å². The molecule has 0 spiro atoms. The predicted molar refractivity (Wildman–Crippen MR) is 88.0 cm³/mol. The third kappa shape index (κ3) is 3.96. The summed E-state index contributed by atoms with van der Waals surface area (Å²) in [5.74, 6) is 0.407. The monoisotopic (exact) mass is 344 g/mol. The van der Waals surface area contributed by atoms with E-state index in [0.717, 1.165) is 6.42 Å². The van der Waals surface area contributed by atoms with Crippen LogP contribution < -0.4 is 5.32 Å². The zero-order valence-corrected chi connectivity index (χ0v) is 14.4. The Bertz CT molecular complexity index is 499. The molecule has 1 fully saturated rings. The third-order valence-corrected chi connectivity index (χ3v) is 5.03. The van der Waals surface area contributed by atoms with Crippen LogP contribution in [0.2, 0.25) is 0 Å². The number of imide groups is 1. The molecular weight excluding hydrogens is 320 g/mol. The average molecular weight is 344 g/mol. The van der Waals surface area contributed by atoms with E-state index in [1.54, 1.807) is 7.05 Å². The fourth-order valence-corrected chi connectivity index (χ4v) is 3.48. The van der Waals surface area contributed by atoms with Crippen molar-refractivity contribution >= 4 is 28.9 Å². The molecule has 0 aromatic heterocycles. The molecule has 0 aliphatic carbocycles. The fourth-order valence-electron chi connectivity index (χ4n) is 2.48. The number of urea groups is 1. The molecule has 3 N–H and O–H groups in total. The lowest BCUT2D eigenvalue weighted by molar-refractivity contribution is -0.127. The summed E-state index contributed by atoms with van der Waals surface area (Å²) in [4.78, 5) is 31.9. The molecule has 9 heteroatoms. The number of fused-ring (bicyclic) bond motifs is 1. The van der Waals surface area contributed by atoms with Crippen molar-refractivity contribution in [2.24, 2.45) is 10.9 Å². The largest absolute Gasteiger partial charge is 0.394 e. The zero-order chi connectivity index (χ0) is 17.1. The molecule has 130 valence electrons. The molecule has 2 aliphatic heterocycles. The number of aliphatic hydroxyl groups is 2. The maximum absolute atomic E-state index is 12.3. The lowest BCUT2D eigenvalue weighted by atomic mass is 10.1. The summed E-state index contributed by atoms with van der Waals surface area (Å²) in [6, 6.07) is -0.990. The molecule has 8 nitrogen and oxygen atoms in total. The minimum Gasteiger partial charge on any atom is -0.394 e. The number of carbonyl (C=O) groups is 2. The molecule has 23 heavy (non-hydrogen) atoms. The molecule has 0 radical (unpaired) electrons. The Balaban J connectivity index is 2.17. The van der Waals surface area contributed by atoms with Gasteiger partial charge in [0.25, 0.3) is 5.91 Å². The van der Waals surface area contributed by atoms with E-state index in [0.29, 0.717) is 17.6 Å². The lowest BCUT2D eigenvalue weighted by Gasteiger charge is -2.36. The highest BCUT2D eigenvalue weighted by Crippen LogP contribution is 2.29. The Kier molecular flexibility index (Phi) is 5.88. The van der Waals surface area contributed by atoms with Gasteiger partial charge in [-0.15, -0.1) is 0 Å². The van der Waals surface area contributed by atoms with Gasteiger partial charge in [0.2, 0.25) is 0 Å². The van der Waals surface area contributed by atoms with Crippen LogP contribution in [0.5, 0.6) is 0 Å². The summed E-state index contributed by atoms with van der Waals surface area (Å²) in [5.41, 5.74) is 0. The number of amidine groups is 1. The van der Waals surface area contributed by atoms with Crippen molar-refractivity contribution in [2.45, 2.75) is 38.6 Å². The second-order valence-corrected chi connectivity index (χ2v) is 7.19. The van der Waals surface area contributed by atoms with Crippen molar-refractivity contribution in [2.75, 3.05) is 26.0 Å². The van der Waals surface area contributed by atoms with Gasteiger partial charge >= 0.3 is 6.03 Å². The summed E-state index contributed by atoms with van der Waals surface area (Å²) in [6.07, 6.45) is -0.501. The Labute approximate surface area is 139 Å². The van der Waals surface area contributed by atoms with Crippen molar-refractivity contribution < 1.29 is 19.8 Å². The summed E-state index contributed by atoms with van der Waals surface area (Å²) in [6.45, 7) is 4.53. The quantitative estimate of drug-likeness (QED) is 0.609. The molecule has 0 aromatic rings. The number of aliphatic imine (C=N–C) groups is 1. The van der Waals surface area contributed by atoms with Crippen LogP contribution in [0.3, 0.4) is 0 Å². The van der Waals surface area contributed by atoms with E-state index in [4.69, 9.17) is 5.11 Å². The van der Waals surface area contributed by atoms with Crippen molar-refractivity contribution in [3.63, 3.8) is 0 Å². The number of hydrogen-bond donors (Lipinski definition) is 3. The second-order valence-electron chi connectivity index (χ2n) is 6.20. The highest BCUT2D eigenvalue weighted by atomic mass is 32.2. The van der Waals surface area contributed by atoms with E-state index in [1.165, 1.54) is 16.7 Å². The highest BCUT2D eigenvalue weighted by Gasteiger charge is 2.48. The smallest absolute Gasteiger partial charge is 0.325 e. The summed E-state index contributed by atoms with van der Waals surface area (Å²) in [7, 11) is 1.61. The van der Waals surface area contributed by atoms with Crippen LogP contribution in [0.25, 0.3) is 0 Å². The first kappa shape index (κ1) is 18.0. The number of likely N-dealkylation sites (N-methyl/N-ethyl adjacent to an activating group) is 1. The third-order valence-electron chi connectivity index (χ3n) is 3.89. The summed E-state index contributed by atoms with van der Waals surface area (Å²) in [5, 5.41) is 21.5. The van der Waals surface area contributed by atoms with Gasteiger partial charge in [0.15, 0.2) is 17.4 Å². The Morgan fingerprint density at radius 1 is 1.39 bits per heavy atom. The van der Waals surface area contributed by atoms with Crippen LogP contribution in [0.1, 0.15) is 20.3 Å². The first-order valence-electron chi connectivity index (χ1n) is 7.69. The molecule has 0 saturated carbocycles. The first-order chi connectivity index (χ1) is 10.8. The molecule has 2 heterocycles. The van der Waals surface area contributed by atoms with E-state index in [-0.39, 0.29) is 18.3 Å². The molecular formula is C14H24N4O4S. The van der Waals surface area contributed by atoms with Crippen molar-refractivity contribution in [3.8, 4) is 0 Å². The van der Waals surface area contributed by atoms with Gasteiger partial charge in [-0.25, -0.2) is 9.79 Å². The van der Waals surface area contributed by atoms with Crippen LogP contribution >= 0.6 is 11.8 Å². The number of rotatable bonds is 6. The SMILES string of the molecule is CC(C)CCN1C(SCC(O)CO)=NC2C1C(=O)NC(=O)N2C. The molecule has 3 unspecified atom stereocenters. The molecule has 3 amide bonds. The maximum Gasteiger partial charge on any atom is 0.325 e. The Morgan fingerprint density at radius 2 is 2.09 bits per heavy atom. The predicted octanol–water partition coefficient (Wildman–Crippen LogP) is -0.333. The normalized spacial score (nSPS) is 25.6. The number of carbonyl (C=O) groups excluding carboxylic acids is 2. The van der Waals surface area contributed by atoms with Gasteiger partial charge in [0.05, 0.1) is 12.7 Å². The van der Waals surface area contributed by atoms with Gasteiger partial charge in [0, 0.05) is 19.3 Å². The van der Waals surface area contributed by atoms with Crippen molar-refractivity contribution in [1.29, 1.82) is 0 Å². The molecule has 2 rings (SSSR count). The van der Waals surface area contributed by atoms with Crippen molar-refractivity contribution in [3.05, 3.63) is 0 Å². The standard InChI is InChI=1S/C14H24N4O4S/c1-8(2)4-5-18-10-11(17(3)13(22)16-12(10)21)15-14(18)23-7-9(20)6-19/h8-11,19-20H,4-7H2,1-3H3,(H,16,21,22). The average Bonchev–Trinajstić information content (AvgIpc) is 2.87. The molecule has 0 aromatic carbocycles. The van der Waals surface area contributed by atoms with Gasteiger partial charge in [0.1, 0.15) is 0 Å². The summed E-state index contributed by atoms with van der Waals surface area (Å²) >= 11 is 1.30. The number of thioether (sulfide) groups is 1. The van der Waals surface area contributed by atoms with E-state index < -0.39 is 24.3 Å². The van der Waals surface area contributed by atoms with E-state index in [2.05, 4.69) is 24.2 Å². The lowest BCUT2D eigenvalue weighted by Crippen LogP contribution is -2.63. The number of aliphatic hydroxyl groups excluding tert-OH is 2. The van der Waals surface area contributed by atoms with Gasteiger partial charge in [-0.05, 0) is 12.3 Å². The van der Waals surface area contributed by atoms with Crippen LogP contribution in [-0.4, -0.2) is 81.4 Å². The van der Waals surface area contributed by atoms with Crippen LogP contribution in [0.4, 0.5) is 4.79 Å². The first-order valence-corrected chi connectivity index (χ1v) is 8.67. The van der Waals surface area contributed by atoms with Gasteiger partial charge < -0.3 is 20.0 Å². The van der Waals surface area contributed by atoms with E-state index in [9.17, 15) is 14.7 Å². The van der Waals surface area contributed by atoms with Crippen LogP contribution in [-0.2, 0) is 4.79 Å². The van der Waals surface area contributed by atoms with Crippen molar-refractivity contribution in [1.82, 2.24) is 15.1 Å². The minimum atomic E-state index is -0.842. The fraction of sp³-hybridized carbons (Fsp3) is 0.786. The van der Waals surface area contributed by atoms with Crippen LogP contribution in [0.15, 0.2) is 4.99 Å². The topological polar surface area (TPSA) is 105 Å². The highest BCUT2D eigenvalue weighted by molar-refractivity contribution is 8.13. The number of nitrogens with zero attached hydrogens (tertiary/aromatic N) is 3.